The first-order chi connectivity index (χ1) is 35.2. The Morgan fingerprint density at radius 1 is 0.973 bits per heavy atom. The highest BCUT2D eigenvalue weighted by atomic mass is 35.5. The van der Waals surface area contributed by atoms with Gasteiger partial charge in [0, 0.05) is 95.6 Å². The number of fused-ring (bicyclic) bond motifs is 4. The summed E-state index contributed by atoms with van der Waals surface area (Å²) in [5, 5.41) is 12.2. The monoisotopic (exact) mass is 1040 g/mol. The van der Waals surface area contributed by atoms with E-state index in [9.17, 15) is 32.3 Å². The molecule has 0 radical (unpaired) electrons. The van der Waals surface area contributed by atoms with Crippen molar-refractivity contribution in [3.63, 3.8) is 0 Å². The number of anilines is 2. The number of carbonyl (C=O) groups is 5. The van der Waals surface area contributed by atoms with Gasteiger partial charge in [0.15, 0.2) is 0 Å². The second kappa shape index (κ2) is 18.0. The number of hydrogen-bond acceptors (Lipinski definition) is 10. The quantitative estimate of drug-likeness (QED) is 0.0804. The number of piperidine rings is 2. The number of hydrogen-bond donors (Lipinski definition) is 4. The van der Waals surface area contributed by atoms with Gasteiger partial charge < -0.3 is 29.9 Å². The SMILES string of the molecule is COc1cc(C(=O)N2CCC3(CC2)C[C@H]3C#Cc2cccc3c2CN([C@H]2CCC(=O)NC2=O)C3=O)ccc1NC(=O)[C@@H]1NC2(CCC(C)(C)CC2)[C@@]2(CNc3cc(OC(F)(F)F)ncc32)[C@H]1c1cccc(Cl)c1F. The summed E-state index contributed by atoms with van der Waals surface area (Å²) < 4.78 is 66.7. The number of benzene rings is 3. The lowest BCUT2D eigenvalue weighted by atomic mass is 9.54. The van der Waals surface area contributed by atoms with Gasteiger partial charge in [0.05, 0.1) is 23.9 Å². The van der Waals surface area contributed by atoms with Gasteiger partial charge in [-0.1, -0.05) is 55.5 Å². The number of ether oxygens (including phenoxy) is 2. The molecule has 5 amide bonds. The van der Waals surface area contributed by atoms with Crippen molar-refractivity contribution in [3.8, 4) is 23.5 Å². The van der Waals surface area contributed by atoms with Crippen LogP contribution in [0.1, 0.15) is 121 Å². The third kappa shape index (κ3) is 8.40. The summed E-state index contributed by atoms with van der Waals surface area (Å²) in [6.07, 6.45) is 1.80. The predicted molar refractivity (Wildman–Crippen MR) is 264 cm³/mol. The fourth-order valence-corrected chi connectivity index (χ4v) is 13.2. The minimum atomic E-state index is -4.98. The van der Waals surface area contributed by atoms with E-state index in [4.69, 9.17) is 16.3 Å². The second-order valence-electron chi connectivity index (χ2n) is 21.7. The van der Waals surface area contributed by atoms with Crippen LogP contribution in [0.15, 0.2) is 66.9 Å². The van der Waals surface area contributed by atoms with Crippen LogP contribution >= 0.6 is 11.6 Å². The van der Waals surface area contributed by atoms with Crippen molar-refractivity contribution in [1.82, 2.24) is 25.4 Å². The summed E-state index contributed by atoms with van der Waals surface area (Å²) >= 11 is 6.46. The maximum atomic E-state index is 16.6. The molecule has 4 N–H and O–H groups in total. The Hall–Kier alpha value is -6.71. The zero-order chi connectivity index (χ0) is 52.1. The molecule has 1 aromatic heterocycles. The summed E-state index contributed by atoms with van der Waals surface area (Å²) in [7, 11) is 1.44. The molecule has 0 unspecified atom stereocenters. The molecule has 5 fully saturated rings. The van der Waals surface area contributed by atoms with Gasteiger partial charge in [0.2, 0.25) is 23.6 Å². The molecular weight excluding hydrogens is 982 g/mol. The number of amides is 5. The molecule has 3 spiro atoms. The average molecular weight is 1040 g/mol. The number of rotatable bonds is 7. The van der Waals surface area contributed by atoms with Crippen LogP contribution in [0.2, 0.25) is 5.02 Å². The van der Waals surface area contributed by atoms with Gasteiger partial charge in [-0.2, -0.15) is 0 Å². The van der Waals surface area contributed by atoms with E-state index in [1.165, 1.54) is 30.3 Å². The van der Waals surface area contributed by atoms with Gasteiger partial charge >= 0.3 is 6.36 Å². The number of halogens is 5. The summed E-state index contributed by atoms with van der Waals surface area (Å²) in [5.41, 5.74) is 1.63. The third-order valence-corrected chi connectivity index (χ3v) is 17.5. The maximum absolute atomic E-state index is 16.6. The molecule has 386 valence electrons. The third-order valence-electron chi connectivity index (χ3n) is 17.2. The van der Waals surface area contributed by atoms with Gasteiger partial charge in [-0.05, 0) is 110 Å². The van der Waals surface area contributed by atoms with E-state index in [0.717, 1.165) is 43.2 Å². The van der Waals surface area contributed by atoms with E-state index in [1.54, 1.807) is 47.4 Å². The normalized spacial score (nSPS) is 26.0. The number of carbonyl (C=O) groups excluding carboxylic acids is 5. The van der Waals surface area contributed by atoms with Crippen LogP contribution in [-0.2, 0) is 26.3 Å². The second-order valence-corrected chi connectivity index (χ2v) is 22.2. The minimum Gasteiger partial charge on any atom is -0.495 e. The van der Waals surface area contributed by atoms with Gasteiger partial charge in [-0.25, -0.2) is 9.37 Å². The molecule has 0 bridgehead atoms. The van der Waals surface area contributed by atoms with E-state index in [0.29, 0.717) is 48.3 Å². The van der Waals surface area contributed by atoms with Crippen molar-refractivity contribution in [1.29, 1.82) is 0 Å². The number of nitrogens with one attached hydrogen (secondary N) is 4. The van der Waals surface area contributed by atoms with Gasteiger partial charge in [0.25, 0.3) is 11.8 Å². The Kier molecular flexibility index (Phi) is 12.0. The molecule has 2 aliphatic carbocycles. The Morgan fingerprint density at radius 3 is 2.46 bits per heavy atom. The molecule has 5 aliphatic heterocycles. The number of imide groups is 1. The fraction of sp³-hybridized carbons (Fsp3) is 0.455. The van der Waals surface area contributed by atoms with Crippen LogP contribution in [0.3, 0.4) is 0 Å². The van der Waals surface area contributed by atoms with Crippen LogP contribution in [0, 0.1) is 34.4 Å². The van der Waals surface area contributed by atoms with Crippen molar-refractivity contribution in [3.05, 3.63) is 111 Å². The highest BCUT2D eigenvalue weighted by Gasteiger charge is 2.69. The molecule has 11 rings (SSSR count). The molecule has 3 aromatic carbocycles. The number of methoxy groups -OCH3 is 1. The van der Waals surface area contributed by atoms with E-state index >= 15 is 9.18 Å². The molecular formula is C55H54ClF4N7O7. The largest absolute Gasteiger partial charge is 0.574 e. The van der Waals surface area contributed by atoms with Crippen LogP contribution in [0.4, 0.5) is 28.9 Å². The van der Waals surface area contributed by atoms with Crippen LogP contribution in [0.25, 0.3) is 0 Å². The first-order valence-electron chi connectivity index (χ1n) is 25.0. The molecule has 74 heavy (non-hydrogen) atoms. The van der Waals surface area contributed by atoms with Crippen LogP contribution in [0.5, 0.6) is 11.6 Å². The molecule has 5 atom stereocenters. The maximum Gasteiger partial charge on any atom is 0.574 e. The van der Waals surface area contributed by atoms with E-state index in [2.05, 4.69) is 56.7 Å². The number of alkyl halides is 3. The van der Waals surface area contributed by atoms with Crippen LogP contribution < -0.4 is 30.7 Å². The molecule has 19 heteroatoms. The van der Waals surface area contributed by atoms with Crippen molar-refractivity contribution in [2.24, 2.45) is 16.7 Å². The molecule has 2 saturated carbocycles. The minimum absolute atomic E-state index is 0.0368. The molecule has 3 saturated heterocycles. The standard InChI is InChI=1S/C55H54ClF4N7O7/c1-51(2)16-18-53(19-17-51)54(29-62-39-25-43(61-27-36(39)54)74-55(58,59)60)44(34-8-5-9-37(56)45(34)57)46(65-53)48(70)63-38-13-11-31(24-41(38)73-3)49(71)66-22-20-52(21-23-66)26-32(52)12-10-30-6-4-7-33-35(30)28-67(50(33)72)40-14-15-42(68)64-47(40)69/h4-9,11,13,24-25,27,32,40,44,46,62,65H,14-23,26,28-29H2,1-3H3,(H,63,70)(H,64,68,69)/t32-,40+,44+,46-,54-/m1/s1. The zero-order valence-electron chi connectivity index (χ0n) is 40.9. The summed E-state index contributed by atoms with van der Waals surface area (Å²) in [6.45, 7) is 5.73. The van der Waals surface area contributed by atoms with Gasteiger partial charge in [-0.15, -0.1) is 13.2 Å². The highest BCUT2D eigenvalue weighted by molar-refractivity contribution is 6.30. The van der Waals surface area contributed by atoms with Crippen molar-refractivity contribution < 1.29 is 51.0 Å². The highest BCUT2D eigenvalue weighted by Crippen LogP contribution is 2.64. The fourth-order valence-electron chi connectivity index (χ4n) is 13.1. The lowest BCUT2D eigenvalue weighted by Crippen LogP contribution is -2.59. The van der Waals surface area contributed by atoms with E-state index in [1.807, 2.05) is 6.07 Å². The predicted octanol–water partition coefficient (Wildman–Crippen LogP) is 8.23. The number of pyridine rings is 1. The summed E-state index contributed by atoms with van der Waals surface area (Å²) in [4.78, 5) is 74.3. The molecule has 7 aliphatic rings. The van der Waals surface area contributed by atoms with Gasteiger partial charge in [-0.3, -0.25) is 34.6 Å². The summed E-state index contributed by atoms with van der Waals surface area (Å²) in [5.74, 6) is 3.04. The lowest BCUT2D eigenvalue weighted by Gasteiger charge is -2.51. The smallest absolute Gasteiger partial charge is 0.495 e. The Morgan fingerprint density at radius 2 is 1.73 bits per heavy atom. The van der Waals surface area contributed by atoms with Crippen molar-refractivity contribution >= 4 is 52.5 Å². The number of nitrogens with zero attached hydrogens (tertiary/aromatic N) is 3. The number of aromatic nitrogens is 1. The average Bonchev–Trinajstić information content (AvgIpc) is 3.59. The molecule has 4 aromatic rings. The summed E-state index contributed by atoms with van der Waals surface area (Å²) in [6, 6.07) is 14.2. The Bertz CT molecular complexity index is 3100. The zero-order valence-corrected chi connectivity index (χ0v) is 41.7. The van der Waals surface area contributed by atoms with Crippen LogP contribution in [-0.4, -0.2) is 95.0 Å². The first kappa shape index (κ1) is 49.5. The molecule has 14 nitrogen and oxygen atoms in total. The van der Waals surface area contributed by atoms with E-state index < -0.39 is 58.8 Å². The lowest BCUT2D eigenvalue weighted by molar-refractivity contribution is -0.276. The first-order valence-corrected chi connectivity index (χ1v) is 25.4. The topological polar surface area (TPSA) is 171 Å². The van der Waals surface area contributed by atoms with E-state index in [-0.39, 0.29) is 82.4 Å². The molecule has 6 heterocycles. The van der Waals surface area contributed by atoms with Gasteiger partial charge in [0.1, 0.15) is 17.6 Å². The van der Waals surface area contributed by atoms with Crippen molar-refractivity contribution in [2.75, 3.05) is 37.4 Å². The van der Waals surface area contributed by atoms with Crippen molar-refractivity contribution in [2.45, 2.75) is 113 Å². The Balaban J connectivity index is 0.804. The Labute approximate surface area is 429 Å². The number of likely N-dealkylation sites (tertiary alicyclic amines) is 1.